The van der Waals surface area contributed by atoms with E-state index in [-0.39, 0.29) is 17.7 Å². The number of carbonyl (C=O) groups is 1. The Bertz CT molecular complexity index is 743. The zero-order chi connectivity index (χ0) is 17.3. The molecule has 2 aromatic carbocycles. The number of thioether (sulfide) groups is 1. The molecule has 126 valence electrons. The van der Waals surface area contributed by atoms with Crippen LogP contribution in [0.3, 0.4) is 0 Å². The van der Waals surface area contributed by atoms with Crippen molar-refractivity contribution in [3.8, 4) is 0 Å². The van der Waals surface area contributed by atoms with Gasteiger partial charge >= 0.3 is 6.18 Å². The Morgan fingerprint density at radius 1 is 1.12 bits per heavy atom. The van der Waals surface area contributed by atoms with Crippen molar-refractivity contribution < 1.29 is 18.0 Å². The van der Waals surface area contributed by atoms with Crippen molar-refractivity contribution >= 4 is 23.4 Å². The molecule has 0 saturated heterocycles. The van der Waals surface area contributed by atoms with E-state index in [0.29, 0.717) is 6.42 Å². The maximum atomic E-state index is 12.6. The molecule has 1 aliphatic carbocycles. The Hall–Kier alpha value is -1.95. The summed E-state index contributed by atoms with van der Waals surface area (Å²) in [7, 11) is 0. The highest BCUT2D eigenvalue weighted by atomic mass is 32.2. The number of hydrogen-bond donors (Lipinski definition) is 1. The van der Waals surface area contributed by atoms with Crippen LogP contribution in [-0.4, -0.2) is 12.2 Å². The van der Waals surface area contributed by atoms with Crippen LogP contribution in [0.1, 0.15) is 23.5 Å². The molecule has 1 N–H and O–H groups in total. The minimum absolute atomic E-state index is 0.00581. The van der Waals surface area contributed by atoms with Crippen LogP contribution in [0.25, 0.3) is 0 Å². The molecule has 1 amide bonds. The van der Waals surface area contributed by atoms with Crippen molar-refractivity contribution in [2.75, 3.05) is 11.6 Å². The first-order chi connectivity index (χ1) is 11.4. The van der Waals surface area contributed by atoms with Crippen molar-refractivity contribution in [2.45, 2.75) is 23.4 Å². The smallest absolute Gasteiger partial charge is 0.325 e. The first kappa shape index (κ1) is 16.9. The van der Waals surface area contributed by atoms with E-state index in [2.05, 4.69) is 5.32 Å². The normalized spacial score (nSPS) is 19.8. The fourth-order valence-corrected chi connectivity index (χ4v) is 3.30. The van der Waals surface area contributed by atoms with E-state index in [0.717, 1.165) is 28.3 Å². The average molecular weight is 351 g/mol. The van der Waals surface area contributed by atoms with Crippen LogP contribution in [0.5, 0.6) is 0 Å². The summed E-state index contributed by atoms with van der Waals surface area (Å²) in [6.45, 7) is 0. The van der Waals surface area contributed by atoms with Gasteiger partial charge in [0.15, 0.2) is 0 Å². The predicted octanol–water partition coefficient (Wildman–Crippen LogP) is 5.17. The van der Waals surface area contributed by atoms with Crippen LogP contribution in [0.15, 0.2) is 53.4 Å². The number of benzene rings is 2. The summed E-state index contributed by atoms with van der Waals surface area (Å²) in [5.74, 6) is -0.272. The number of carbonyl (C=O) groups excluding carboxylic acids is 1. The summed E-state index contributed by atoms with van der Waals surface area (Å²) < 4.78 is 37.8. The zero-order valence-electron chi connectivity index (χ0n) is 12.9. The molecule has 24 heavy (non-hydrogen) atoms. The molecule has 0 heterocycles. The first-order valence-corrected chi connectivity index (χ1v) is 8.73. The zero-order valence-corrected chi connectivity index (χ0v) is 13.7. The maximum Gasteiger partial charge on any atom is 0.416 e. The van der Waals surface area contributed by atoms with Crippen LogP contribution < -0.4 is 5.32 Å². The second kappa shape index (κ2) is 6.51. The quantitative estimate of drug-likeness (QED) is 0.770. The minimum Gasteiger partial charge on any atom is -0.325 e. The van der Waals surface area contributed by atoms with Gasteiger partial charge in [0.2, 0.25) is 5.91 Å². The molecule has 0 bridgehead atoms. The average Bonchev–Trinajstić information content (AvgIpc) is 3.35. The lowest BCUT2D eigenvalue weighted by molar-refractivity contribution is -0.137. The molecule has 0 spiro atoms. The van der Waals surface area contributed by atoms with Crippen molar-refractivity contribution in [2.24, 2.45) is 5.92 Å². The lowest BCUT2D eigenvalue weighted by Crippen LogP contribution is -2.15. The highest BCUT2D eigenvalue weighted by molar-refractivity contribution is 7.98. The molecule has 3 rings (SSSR count). The molecule has 6 heteroatoms. The van der Waals surface area contributed by atoms with E-state index in [1.54, 1.807) is 11.8 Å². The van der Waals surface area contributed by atoms with Gasteiger partial charge in [0.1, 0.15) is 0 Å². The summed E-state index contributed by atoms with van der Waals surface area (Å²) in [6.07, 6.45) is -1.73. The van der Waals surface area contributed by atoms with Crippen molar-refractivity contribution in [1.29, 1.82) is 0 Å². The third-order valence-corrected chi connectivity index (χ3v) is 4.95. The number of halogens is 3. The summed E-state index contributed by atoms with van der Waals surface area (Å²) >= 11 is 1.55. The Morgan fingerprint density at radius 3 is 2.42 bits per heavy atom. The van der Waals surface area contributed by atoms with E-state index in [4.69, 9.17) is 0 Å². The lowest BCUT2D eigenvalue weighted by atomic mass is 10.1. The number of amides is 1. The Labute approximate surface area is 142 Å². The monoisotopic (exact) mass is 351 g/mol. The molecular formula is C18H16F3NOS. The van der Waals surface area contributed by atoms with Gasteiger partial charge in [-0.15, -0.1) is 11.8 Å². The highest BCUT2D eigenvalue weighted by Gasteiger charge is 2.44. The van der Waals surface area contributed by atoms with Crippen LogP contribution in [0.4, 0.5) is 18.9 Å². The number of para-hydroxylation sites is 1. The Kier molecular flexibility index (Phi) is 4.58. The van der Waals surface area contributed by atoms with Gasteiger partial charge < -0.3 is 5.32 Å². The van der Waals surface area contributed by atoms with Gasteiger partial charge in [-0.3, -0.25) is 4.79 Å². The van der Waals surface area contributed by atoms with Crippen molar-refractivity contribution in [1.82, 2.24) is 0 Å². The summed E-state index contributed by atoms with van der Waals surface area (Å²) in [6, 6.07) is 12.6. The Morgan fingerprint density at radius 2 is 1.79 bits per heavy atom. The fraction of sp³-hybridized carbons (Fsp3) is 0.278. The molecule has 2 unspecified atom stereocenters. The minimum atomic E-state index is -4.33. The molecule has 0 aromatic heterocycles. The third kappa shape index (κ3) is 3.59. The standard InChI is InChI=1S/C18H16F3NOS/c1-24-16-5-3-2-4-15(16)22-17(23)14-10-13(14)11-6-8-12(9-7-11)18(19,20)21/h2-9,13-14H,10H2,1H3,(H,22,23). The second-order valence-corrected chi connectivity index (χ2v) is 6.61. The molecule has 2 atom stereocenters. The number of rotatable bonds is 4. The summed E-state index contributed by atoms with van der Waals surface area (Å²) in [5, 5.41) is 2.92. The molecule has 0 radical (unpaired) electrons. The summed E-state index contributed by atoms with van der Waals surface area (Å²) in [5.41, 5.74) is 0.885. The van der Waals surface area contributed by atoms with E-state index < -0.39 is 11.7 Å². The molecule has 1 fully saturated rings. The maximum absolute atomic E-state index is 12.6. The number of alkyl halides is 3. The summed E-state index contributed by atoms with van der Waals surface area (Å²) in [4.78, 5) is 13.3. The molecular weight excluding hydrogens is 335 g/mol. The van der Waals surface area contributed by atoms with Crippen molar-refractivity contribution in [3.05, 3.63) is 59.7 Å². The molecule has 2 aromatic rings. The SMILES string of the molecule is CSc1ccccc1NC(=O)C1CC1c1ccc(C(F)(F)F)cc1. The molecule has 2 nitrogen and oxygen atoms in total. The van der Waals surface area contributed by atoms with Gasteiger partial charge in [0.05, 0.1) is 11.3 Å². The second-order valence-electron chi connectivity index (χ2n) is 5.76. The van der Waals surface area contributed by atoms with Crippen LogP contribution in [-0.2, 0) is 11.0 Å². The van der Waals surface area contributed by atoms with Gasteiger partial charge in [-0.2, -0.15) is 13.2 Å². The van der Waals surface area contributed by atoms with Crippen LogP contribution >= 0.6 is 11.8 Å². The Balaban J connectivity index is 1.65. The molecule has 0 aliphatic heterocycles. The van der Waals surface area contributed by atoms with E-state index in [1.807, 2.05) is 30.5 Å². The van der Waals surface area contributed by atoms with Crippen molar-refractivity contribution in [3.63, 3.8) is 0 Å². The molecule has 1 aliphatic rings. The van der Waals surface area contributed by atoms with Gasteiger partial charge in [-0.1, -0.05) is 24.3 Å². The van der Waals surface area contributed by atoms with E-state index >= 15 is 0 Å². The van der Waals surface area contributed by atoms with Gasteiger partial charge in [0, 0.05) is 10.8 Å². The number of hydrogen-bond acceptors (Lipinski definition) is 2. The lowest BCUT2D eigenvalue weighted by Gasteiger charge is -2.09. The highest BCUT2D eigenvalue weighted by Crippen LogP contribution is 2.48. The van der Waals surface area contributed by atoms with E-state index in [9.17, 15) is 18.0 Å². The topological polar surface area (TPSA) is 29.1 Å². The largest absolute Gasteiger partial charge is 0.416 e. The number of nitrogens with one attached hydrogen (secondary N) is 1. The third-order valence-electron chi connectivity index (χ3n) is 4.16. The van der Waals surface area contributed by atoms with Gasteiger partial charge in [0.25, 0.3) is 0 Å². The fourth-order valence-electron chi connectivity index (χ4n) is 2.75. The first-order valence-electron chi connectivity index (χ1n) is 7.51. The van der Waals surface area contributed by atoms with Gasteiger partial charge in [-0.05, 0) is 48.4 Å². The predicted molar refractivity (Wildman–Crippen MR) is 89.1 cm³/mol. The van der Waals surface area contributed by atoms with Crippen LogP contribution in [0.2, 0.25) is 0 Å². The molecule has 1 saturated carbocycles. The van der Waals surface area contributed by atoms with Crippen LogP contribution in [0, 0.1) is 5.92 Å². The van der Waals surface area contributed by atoms with E-state index in [1.165, 1.54) is 12.1 Å². The van der Waals surface area contributed by atoms with Gasteiger partial charge in [-0.25, -0.2) is 0 Å². The number of anilines is 1.